The van der Waals surface area contributed by atoms with Crippen LogP contribution in [0.2, 0.25) is 0 Å². The molecule has 7 aromatic rings. The molecule has 1 atom stereocenters. The van der Waals surface area contributed by atoms with Gasteiger partial charge in [-0.3, -0.25) is 0 Å². The van der Waals surface area contributed by atoms with E-state index >= 15 is 0 Å². The van der Waals surface area contributed by atoms with Crippen LogP contribution >= 0.6 is 0 Å². The summed E-state index contributed by atoms with van der Waals surface area (Å²) in [6, 6.07) is 44.0. The Morgan fingerprint density at radius 3 is 1.98 bits per heavy atom. The van der Waals surface area contributed by atoms with Crippen molar-refractivity contribution in [3.05, 3.63) is 155 Å². The molecular formula is C41H30N3+3. The number of nitrogens with zero attached hydrogens (tertiary/aromatic N) is 3. The summed E-state index contributed by atoms with van der Waals surface area (Å²) < 4.78 is 5.65. The molecule has 2 spiro atoms. The second-order valence-electron chi connectivity index (χ2n) is 14.0. The summed E-state index contributed by atoms with van der Waals surface area (Å²) in [7, 11) is 0. The first kappa shape index (κ1) is 23.3. The van der Waals surface area contributed by atoms with Crippen LogP contribution in [-0.4, -0.2) is 0 Å². The van der Waals surface area contributed by atoms with Gasteiger partial charge in [-0.2, -0.15) is 0 Å². The number of aromatic nitrogens is 2. The molecule has 2 aromatic heterocycles. The summed E-state index contributed by atoms with van der Waals surface area (Å²) >= 11 is 0. The Kier molecular flexibility index (Phi) is 3.80. The molecule has 11 rings (SSSR count). The van der Waals surface area contributed by atoms with Gasteiger partial charge in [0.1, 0.15) is 10.9 Å². The third-order valence-electron chi connectivity index (χ3n) is 11.0. The van der Waals surface area contributed by atoms with Gasteiger partial charge in [0.05, 0.1) is 20.2 Å². The summed E-state index contributed by atoms with van der Waals surface area (Å²) in [5.74, 6) is 0. The van der Waals surface area contributed by atoms with Crippen LogP contribution in [0, 0.1) is 0 Å². The number of para-hydroxylation sites is 1. The highest BCUT2D eigenvalue weighted by atomic mass is 15.9. The average molecular weight is 565 g/mol. The standard InChI is InChI=1S/C41H30N3/c1-40(2,3)27-20-22-35-30-13-8-16-33-38(30)44(43(35)24-27)39-34(21-19-25-17-18-26-10-9-23-42(44)37(26)36(25)39)41(33)31-14-6-4-11-28(31)29-12-5-7-15-32(29)41/h4-24H,1-3H3/q+3. The quantitative estimate of drug-likeness (QED) is 0.0993. The Morgan fingerprint density at radius 2 is 1.20 bits per heavy atom. The van der Waals surface area contributed by atoms with Crippen LogP contribution in [-0.2, 0) is 10.8 Å². The molecule has 0 fully saturated rings. The molecule has 4 aliphatic rings. The van der Waals surface area contributed by atoms with Gasteiger partial charge >= 0.3 is 0 Å². The molecule has 0 radical (unpaired) electrons. The summed E-state index contributed by atoms with van der Waals surface area (Å²) in [5.41, 5.74) is 15.7. The average Bonchev–Trinajstić information content (AvgIpc) is 3.64. The highest BCUT2D eigenvalue weighted by Gasteiger charge is 2.74. The maximum Gasteiger partial charge on any atom is 0.294 e. The van der Waals surface area contributed by atoms with Crippen molar-refractivity contribution in [2.75, 3.05) is 0 Å². The van der Waals surface area contributed by atoms with E-state index in [0.717, 1.165) is 0 Å². The molecule has 0 N–H and O–H groups in total. The zero-order valence-electron chi connectivity index (χ0n) is 25.0. The summed E-state index contributed by atoms with van der Waals surface area (Å²) in [5, 5.41) is 3.93. The van der Waals surface area contributed by atoms with Crippen LogP contribution in [0.5, 0.6) is 0 Å². The predicted molar refractivity (Wildman–Crippen MR) is 176 cm³/mol. The van der Waals surface area contributed by atoms with E-state index in [9.17, 15) is 0 Å². The minimum Gasteiger partial charge on any atom is -0.0619 e. The van der Waals surface area contributed by atoms with E-state index in [1.165, 1.54) is 83.3 Å². The lowest BCUT2D eigenvalue weighted by Crippen LogP contribution is -2.82. The zero-order chi connectivity index (χ0) is 29.2. The van der Waals surface area contributed by atoms with Crippen LogP contribution in [0.4, 0.5) is 11.4 Å². The normalized spacial score (nSPS) is 18.6. The van der Waals surface area contributed by atoms with E-state index in [-0.39, 0.29) is 5.41 Å². The van der Waals surface area contributed by atoms with E-state index in [4.69, 9.17) is 0 Å². The van der Waals surface area contributed by atoms with Crippen LogP contribution in [0.1, 0.15) is 48.6 Å². The van der Waals surface area contributed by atoms with E-state index in [1.54, 1.807) is 0 Å². The largest absolute Gasteiger partial charge is 0.294 e. The highest BCUT2D eigenvalue weighted by Crippen LogP contribution is 2.67. The number of benzene rings is 5. The van der Waals surface area contributed by atoms with E-state index < -0.39 is 5.41 Å². The van der Waals surface area contributed by atoms with Crippen LogP contribution < -0.4 is 14.1 Å². The Balaban J connectivity index is 1.45. The third-order valence-corrected chi connectivity index (χ3v) is 11.0. The molecule has 3 nitrogen and oxygen atoms in total. The van der Waals surface area contributed by atoms with E-state index in [1.807, 2.05) is 0 Å². The van der Waals surface area contributed by atoms with E-state index in [2.05, 4.69) is 158 Å². The molecule has 0 bridgehead atoms. The van der Waals surface area contributed by atoms with Crippen molar-refractivity contribution < 1.29 is 9.35 Å². The van der Waals surface area contributed by atoms with Crippen molar-refractivity contribution in [3.8, 4) is 22.4 Å². The van der Waals surface area contributed by atoms with Crippen LogP contribution in [0.3, 0.4) is 0 Å². The Morgan fingerprint density at radius 1 is 0.545 bits per heavy atom. The smallest absolute Gasteiger partial charge is 0.0619 e. The molecule has 0 saturated carbocycles. The molecule has 0 saturated heterocycles. The van der Waals surface area contributed by atoms with Gasteiger partial charge < -0.3 is 0 Å². The second kappa shape index (κ2) is 7.15. The number of rotatable bonds is 0. The molecule has 1 aliphatic carbocycles. The number of hydrogen-bond acceptors (Lipinski definition) is 0. The Labute approximate surface area is 256 Å². The lowest BCUT2D eigenvalue weighted by Gasteiger charge is -2.38. The molecule has 206 valence electrons. The van der Waals surface area contributed by atoms with Crippen molar-refractivity contribution in [1.82, 2.24) is 4.70 Å². The van der Waals surface area contributed by atoms with Gasteiger partial charge in [0, 0.05) is 28.8 Å². The monoisotopic (exact) mass is 564 g/mol. The molecule has 3 aliphatic heterocycles. The van der Waals surface area contributed by atoms with Gasteiger partial charge in [0.25, 0.3) is 22.6 Å². The van der Waals surface area contributed by atoms with Crippen molar-refractivity contribution in [2.24, 2.45) is 0 Å². The zero-order valence-corrected chi connectivity index (χ0v) is 25.0. The van der Waals surface area contributed by atoms with Crippen molar-refractivity contribution in [2.45, 2.75) is 31.6 Å². The number of fused-ring (bicyclic) bond motifs is 9. The van der Waals surface area contributed by atoms with Gasteiger partial charge in [-0.05, 0) is 57.3 Å². The fraction of sp³-hybridized carbons (Fsp3) is 0.122. The van der Waals surface area contributed by atoms with Gasteiger partial charge in [-0.25, -0.2) is 0 Å². The number of hydrogen-bond donors (Lipinski definition) is 0. The summed E-state index contributed by atoms with van der Waals surface area (Å²) in [6.45, 7) is 6.96. The first-order valence-electron chi connectivity index (χ1n) is 15.7. The maximum absolute atomic E-state index is 2.58. The summed E-state index contributed by atoms with van der Waals surface area (Å²) in [6.07, 6.45) is 4.75. The molecule has 44 heavy (non-hydrogen) atoms. The molecular weight excluding hydrogens is 534 g/mol. The van der Waals surface area contributed by atoms with Gasteiger partial charge in [-0.15, -0.1) is 0 Å². The van der Waals surface area contributed by atoms with E-state index in [0.29, 0.717) is 4.70 Å². The first-order valence-corrected chi connectivity index (χ1v) is 15.7. The second-order valence-corrected chi connectivity index (χ2v) is 14.0. The topological polar surface area (TPSA) is 7.76 Å². The Bertz CT molecular complexity index is 2450. The van der Waals surface area contributed by atoms with Crippen LogP contribution in [0.25, 0.3) is 44.1 Å². The SMILES string of the molecule is CC(C)(C)c1ccc2[n+](c1)[N+]13c4c-2cccc4C2(c4ccccc4-c4ccccc42)c2ccc4ccc5ccc[n+]1c5c4c23. The van der Waals surface area contributed by atoms with Gasteiger partial charge in [-0.1, -0.05) is 99.6 Å². The van der Waals surface area contributed by atoms with Gasteiger partial charge in [0.2, 0.25) is 12.4 Å². The Hall–Kier alpha value is -5.12. The lowest BCUT2D eigenvalue weighted by molar-refractivity contribution is -1.02. The number of pyridine rings is 2. The first-order chi connectivity index (χ1) is 21.5. The number of quaternary nitrogens is 1. The molecule has 5 heterocycles. The molecule has 5 aromatic carbocycles. The third kappa shape index (κ3) is 2.23. The predicted octanol–water partition coefficient (Wildman–Crippen LogP) is 8.40. The summed E-state index contributed by atoms with van der Waals surface area (Å²) in [4.78, 5) is 0. The van der Waals surface area contributed by atoms with Crippen molar-refractivity contribution >= 4 is 33.1 Å². The van der Waals surface area contributed by atoms with Gasteiger partial charge in [0.15, 0.2) is 4.70 Å². The minimum atomic E-state index is -0.427. The fourth-order valence-corrected chi connectivity index (χ4v) is 9.33. The lowest BCUT2D eigenvalue weighted by atomic mass is 9.64. The minimum absolute atomic E-state index is 0.0103. The van der Waals surface area contributed by atoms with Crippen molar-refractivity contribution in [1.29, 1.82) is 0 Å². The molecule has 3 heteroatoms. The molecule has 0 amide bonds. The fourth-order valence-electron chi connectivity index (χ4n) is 9.33. The highest BCUT2D eigenvalue weighted by molar-refractivity contribution is 6.15. The van der Waals surface area contributed by atoms with Crippen LogP contribution in [0.15, 0.2) is 128 Å². The molecule has 1 unspecified atom stereocenters. The maximum atomic E-state index is 2.58. The van der Waals surface area contributed by atoms with Crippen molar-refractivity contribution in [3.63, 3.8) is 0 Å².